The third-order valence-corrected chi connectivity index (χ3v) is 5.85. The van der Waals surface area contributed by atoms with E-state index in [1.165, 1.54) is 13.0 Å². The molecule has 3 aromatic rings. The summed E-state index contributed by atoms with van der Waals surface area (Å²) >= 11 is 0. The van der Waals surface area contributed by atoms with E-state index in [1.807, 2.05) is 16.8 Å². The molecule has 0 bridgehead atoms. The van der Waals surface area contributed by atoms with Gasteiger partial charge in [-0.2, -0.15) is 0 Å². The van der Waals surface area contributed by atoms with Gasteiger partial charge in [-0.05, 0) is 47.2 Å². The maximum atomic E-state index is 5.75. The van der Waals surface area contributed by atoms with Crippen molar-refractivity contribution in [3.8, 4) is 11.5 Å². The second kappa shape index (κ2) is 11.1. The predicted molar refractivity (Wildman–Crippen MR) is 125 cm³/mol. The summed E-state index contributed by atoms with van der Waals surface area (Å²) < 4.78 is 18.8. The molecular weight excluding hydrogens is 404 g/mol. The standard InChI is InChI=1S/C23H30N6O2.CH4/c1-27-11-13-28(14-12-27)22(19-15-20(30-2)17-21(16-19)31-3)23-24-25-26-29(23)10-9-18-7-5-4-6-8-18;/h4-8,15-17,22H,9-14H2,1-3H3;1H4/i;1D. The number of ether oxygens (including phenoxy) is 2. The summed E-state index contributed by atoms with van der Waals surface area (Å²) in [5, 5.41) is 12.8. The van der Waals surface area contributed by atoms with Crippen LogP contribution >= 0.6 is 0 Å². The molecule has 0 saturated carbocycles. The zero-order chi connectivity index (χ0) is 23.6. The Morgan fingerprint density at radius 1 is 1.00 bits per heavy atom. The van der Waals surface area contributed by atoms with Crippen molar-refractivity contribution >= 4 is 0 Å². The van der Waals surface area contributed by atoms with Crippen molar-refractivity contribution in [3.05, 3.63) is 65.5 Å². The third kappa shape index (κ3) is 5.44. The molecule has 172 valence electrons. The van der Waals surface area contributed by atoms with E-state index in [1.54, 1.807) is 14.2 Å². The Bertz CT molecular complexity index is 954. The lowest BCUT2D eigenvalue weighted by atomic mass is 10.0. The van der Waals surface area contributed by atoms with Crippen LogP contribution in [0, 0.1) is 0 Å². The first-order valence-electron chi connectivity index (χ1n) is 11.6. The van der Waals surface area contributed by atoms with Gasteiger partial charge in [0.1, 0.15) is 11.5 Å². The fourth-order valence-corrected chi connectivity index (χ4v) is 4.04. The van der Waals surface area contributed by atoms with Crippen LogP contribution in [-0.2, 0) is 13.0 Å². The number of rotatable bonds is 8. The minimum Gasteiger partial charge on any atom is -0.497 e. The van der Waals surface area contributed by atoms with Gasteiger partial charge in [0, 0.05) is 40.2 Å². The monoisotopic (exact) mass is 439 g/mol. The van der Waals surface area contributed by atoms with Gasteiger partial charge in [-0.25, -0.2) is 4.68 Å². The zero-order valence-corrected chi connectivity index (χ0v) is 19.4. The highest BCUT2D eigenvalue weighted by atomic mass is 16.5. The Labute approximate surface area is 192 Å². The Hall–Kier alpha value is -2.97. The van der Waals surface area contributed by atoms with Crippen LogP contribution in [0.1, 0.15) is 31.8 Å². The molecule has 0 N–H and O–H groups in total. The predicted octanol–water partition coefficient (Wildman–Crippen LogP) is 2.91. The molecule has 1 unspecified atom stereocenters. The number of likely N-dealkylation sites (N-methyl/N-ethyl adjacent to an activating group) is 1. The van der Waals surface area contributed by atoms with E-state index in [4.69, 9.17) is 10.8 Å². The van der Waals surface area contributed by atoms with Gasteiger partial charge in [0.15, 0.2) is 5.82 Å². The van der Waals surface area contributed by atoms with E-state index in [0.29, 0.717) is 0 Å². The number of hydrogen-bond acceptors (Lipinski definition) is 7. The maximum Gasteiger partial charge on any atom is 0.173 e. The molecule has 0 spiro atoms. The van der Waals surface area contributed by atoms with E-state index >= 15 is 0 Å². The average Bonchev–Trinajstić information content (AvgIpc) is 3.33. The molecule has 2 aromatic carbocycles. The molecular formula is C24H34N6O2. The quantitative estimate of drug-likeness (QED) is 0.535. The summed E-state index contributed by atoms with van der Waals surface area (Å²) in [7, 11) is 6.76. The smallest absolute Gasteiger partial charge is 0.173 e. The van der Waals surface area contributed by atoms with E-state index < -0.39 is 0 Å². The number of aromatic nitrogens is 4. The molecule has 1 aliphatic rings. The van der Waals surface area contributed by atoms with Gasteiger partial charge in [-0.3, -0.25) is 4.90 Å². The Balaban J connectivity index is 0.00000149. The molecule has 0 amide bonds. The molecule has 1 aliphatic heterocycles. The summed E-state index contributed by atoms with van der Waals surface area (Å²) in [5.41, 5.74) is 2.33. The molecule has 4 rings (SSSR count). The summed E-state index contributed by atoms with van der Waals surface area (Å²) in [4.78, 5) is 4.79. The van der Waals surface area contributed by atoms with E-state index in [0.717, 1.165) is 62.0 Å². The molecule has 1 saturated heterocycles. The van der Waals surface area contributed by atoms with Crippen LogP contribution in [0.25, 0.3) is 0 Å². The fourth-order valence-electron chi connectivity index (χ4n) is 4.04. The van der Waals surface area contributed by atoms with Gasteiger partial charge in [0.25, 0.3) is 0 Å². The summed E-state index contributed by atoms with van der Waals surface area (Å²) in [6, 6.07) is 16.3. The van der Waals surface area contributed by atoms with Crippen LogP contribution < -0.4 is 9.47 Å². The number of benzene rings is 2. The van der Waals surface area contributed by atoms with Crippen molar-refractivity contribution in [1.29, 1.82) is 0 Å². The number of piperazine rings is 1. The second-order valence-electron chi connectivity index (χ2n) is 7.88. The van der Waals surface area contributed by atoms with Crippen molar-refractivity contribution < 1.29 is 10.8 Å². The normalized spacial score (nSPS) is 15.9. The van der Waals surface area contributed by atoms with E-state index in [2.05, 4.69) is 68.8 Å². The maximum absolute atomic E-state index is 5.75. The largest absolute Gasteiger partial charge is 0.497 e. The van der Waals surface area contributed by atoms with Gasteiger partial charge < -0.3 is 14.4 Å². The van der Waals surface area contributed by atoms with E-state index in [9.17, 15) is 0 Å². The van der Waals surface area contributed by atoms with Crippen LogP contribution in [0.15, 0.2) is 48.5 Å². The minimum atomic E-state index is -0.0801. The van der Waals surface area contributed by atoms with Crippen molar-refractivity contribution in [2.45, 2.75) is 26.4 Å². The van der Waals surface area contributed by atoms with Crippen molar-refractivity contribution in [2.24, 2.45) is 0 Å². The summed E-state index contributed by atoms with van der Waals surface area (Å²) in [6.07, 6.45) is 0.871. The van der Waals surface area contributed by atoms with Crippen LogP contribution in [-0.4, -0.2) is 77.5 Å². The van der Waals surface area contributed by atoms with Crippen molar-refractivity contribution in [1.82, 2.24) is 30.0 Å². The van der Waals surface area contributed by atoms with Crippen molar-refractivity contribution in [2.75, 3.05) is 47.4 Å². The Morgan fingerprint density at radius 3 is 2.28 bits per heavy atom. The molecule has 8 nitrogen and oxygen atoms in total. The Morgan fingerprint density at radius 2 is 1.66 bits per heavy atom. The minimum absolute atomic E-state index is 0.0801. The number of hydrogen-bond donors (Lipinski definition) is 0. The van der Waals surface area contributed by atoms with E-state index in [-0.39, 0.29) is 6.04 Å². The van der Waals surface area contributed by atoms with Gasteiger partial charge in [-0.1, -0.05) is 37.7 Å². The molecule has 1 aromatic heterocycles. The van der Waals surface area contributed by atoms with Crippen molar-refractivity contribution in [3.63, 3.8) is 0 Å². The van der Waals surface area contributed by atoms with Crippen LogP contribution in [0.5, 0.6) is 11.5 Å². The number of tetrazole rings is 1. The number of methoxy groups -OCH3 is 2. The number of nitrogens with zero attached hydrogens (tertiary/aromatic N) is 6. The molecule has 0 aliphatic carbocycles. The SMILES string of the molecule is COc1cc(OC)cc(C(c2nnnn2CCc2ccccc2)N2CCN(C)CC2)c1.[2H]C. The molecule has 8 heteroatoms. The molecule has 1 atom stereocenters. The van der Waals surface area contributed by atoms with Gasteiger partial charge >= 0.3 is 0 Å². The Kier molecular flexibility index (Phi) is 7.68. The third-order valence-electron chi connectivity index (χ3n) is 5.85. The van der Waals surface area contributed by atoms with Gasteiger partial charge in [-0.15, -0.1) is 5.10 Å². The first kappa shape index (κ1) is 22.2. The molecule has 2 heterocycles. The lowest BCUT2D eigenvalue weighted by Gasteiger charge is -2.37. The average molecular weight is 440 g/mol. The molecule has 32 heavy (non-hydrogen) atoms. The molecule has 0 radical (unpaired) electrons. The molecule has 1 fully saturated rings. The van der Waals surface area contributed by atoms with Crippen LogP contribution in [0.2, 0.25) is 0 Å². The first-order chi connectivity index (χ1) is 16.2. The zero-order valence-electron chi connectivity index (χ0n) is 20.4. The summed E-state index contributed by atoms with van der Waals surface area (Å²) in [6.45, 7) is 4.60. The fraction of sp³-hybridized carbons (Fsp3) is 0.458. The lowest BCUT2D eigenvalue weighted by molar-refractivity contribution is 0.121. The van der Waals surface area contributed by atoms with Crippen LogP contribution in [0.3, 0.4) is 0 Å². The lowest BCUT2D eigenvalue weighted by Crippen LogP contribution is -2.46. The van der Waals surface area contributed by atoms with Gasteiger partial charge in [0.2, 0.25) is 0 Å². The highest BCUT2D eigenvalue weighted by Gasteiger charge is 2.30. The number of aryl methyl sites for hydroxylation is 2. The first-order valence-corrected chi connectivity index (χ1v) is 10.6. The second-order valence-corrected chi connectivity index (χ2v) is 7.88. The van der Waals surface area contributed by atoms with Crippen LogP contribution in [0.4, 0.5) is 0 Å². The topological polar surface area (TPSA) is 68.5 Å². The highest BCUT2D eigenvalue weighted by Crippen LogP contribution is 2.33. The highest BCUT2D eigenvalue weighted by molar-refractivity contribution is 5.41. The summed E-state index contributed by atoms with van der Waals surface area (Å²) in [5.74, 6) is 2.37. The van der Waals surface area contributed by atoms with Gasteiger partial charge in [0.05, 0.1) is 20.3 Å².